The molecule has 0 spiro atoms. The average Bonchev–Trinajstić information content (AvgIpc) is 2.77. The molecule has 0 atom stereocenters. The zero-order chi connectivity index (χ0) is 12.1. The summed E-state index contributed by atoms with van der Waals surface area (Å²) in [6.45, 7) is -0.158. The van der Waals surface area contributed by atoms with Crippen molar-refractivity contribution in [3.05, 3.63) is 52.8 Å². The molecule has 0 radical (unpaired) electrons. The number of benzene rings is 1. The third kappa shape index (κ3) is 3.33. The van der Waals surface area contributed by atoms with E-state index in [0.717, 1.165) is 11.1 Å². The lowest BCUT2D eigenvalue weighted by Crippen LogP contribution is -1.98. The molecule has 0 aliphatic heterocycles. The van der Waals surface area contributed by atoms with Gasteiger partial charge in [-0.05, 0) is 24.3 Å². The Balaban J connectivity index is 2.12. The van der Waals surface area contributed by atoms with Crippen molar-refractivity contribution in [3.63, 3.8) is 0 Å². The third-order valence-electron chi connectivity index (χ3n) is 2.14. The number of aromatic nitrogens is 2. The number of alkyl halides is 1. The van der Waals surface area contributed by atoms with Gasteiger partial charge in [-0.25, -0.2) is 4.39 Å². The molecule has 17 heavy (non-hydrogen) atoms. The van der Waals surface area contributed by atoms with Crippen LogP contribution in [-0.2, 0) is 6.54 Å². The summed E-state index contributed by atoms with van der Waals surface area (Å²) in [6.07, 6.45) is 3.35. The van der Waals surface area contributed by atoms with Crippen LogP contribution in [-0.4, -0.2) is 16.5 Å². The first-order chi connectivity index (χ1) is 8.28. The van der Waals surface area contributed by atoms with Crippen LogP contribution < -0.4 is 0 Å². The molecule has 0 amide bonds. The summed E-state index contributed by atoms with van der Waals surface area (Å²) < 4.78 is 13.6. The Bertz CT molecular complexity index is 549. The van der Waals surface area contributed by atoms with E-state index in [1.165, 1.54) is 4.68 Å². The van der Waals surface area contributed by atoms with E-state index < -0.39 is 6.67 Å². The maximum atomic E-state index is 12.1. The van der Waals surface area contributed by atoms with Gasteiger partial charge in [-0.15, -0.1) is 0 Å². The van der Waals surface area contributed by atoms with E-state index >= 15 is 0 Å². The Kier molecular flexibility index (Phi) is 3.79. The normalized spacial score (nSPS) is 9.76. The van der Waals surface area contributed by atoms with Crippen molar-refractivity contribution in [3.8, 4) is 11.8 Å². The number of aryl methyl sites for hydroxylation is 1. The second kappa shape index (κ2) is 5.51. The lowest BCUT2D eigenvalue weighted by molar-refractivity contribution is 0.427. The maximum absolute atomic E-state index is 12.1. The highest BCUT2D eigenvalue weighted by atomic mass is 35.5. The third-order valence-corrected chi connectivity index (χ3v) is 2.39. The number of rotatable bonds is 2. The van der Waals surface area contributed by atoms with Gasteiger partial charge in [-0.2, -0.15) is 5.10 Å². The number of hydrogen-bond acceptors (Lipinski definition) is 1. The molecule has 86 valence electrons. The van der Waals surface area contributed by atoms with Gasteiger partial charge >= 0.3 is 0 Å². The molecule has 0 bridgehead atoms. The molecule has 0 aliphatic rings. The Morgan fingerprint density at radius 1 is 1.18 bits per heavy atom. The van der Waals surface area contributed by atoms with Crippen LogP contribution in [0.1, 0.15) is 11.1 Å². The highest BCUT2D eigenvalue weighted by Gasteiger charge is 1.94. The first-order valence-electron chi connectivity index (χ1n) is 5.14. The van der Waals surface area contributed by atoms with E-state index in [1.807, 2.05) is 12.1 Å². The molecule has 2 rings (SSSR count). The van der Waals surface area contributed by atoms with E-state index in [-0.39, 0.29) is 6.54 Å². The average molecular weight is 249 g/mol. The molecule has 1 aromatic heterocycles. The van der Waals surface area contributed by atoms with Gasteiger partial charge in [0.15, 0.2) is 0 Å². The smallest absolute Gasteiger partial charge is 0.109 e. The molecule has 1 heterocycles. The minimum atomic E-state index is -0.425. The summed E-state index contributed by atoms with van der Waals surface area (Å²) in [5, 5.41) is 4.67. The van der Waals surface area contributed by atoms with E-state index in [4.69, 9.17) is 11.6 Å². The summed E-state index contributed by atoms with van der Waals surface area (Å²) in [5.41, 5.74) is 1.65. The quantitative estimate of drug-likeness (QED) is 0.748. The van der Waals surface area contributed by atoms with E-state index in [0.29, 0.717) is 5.02 Å². The van der Waals surface area contributed by atoms with Crippen molar-refractivity contribution in [2.45, 2.75) is 6.54 Å². The predicted octanol–water partition coefficient (Wildman–Crippen LogP) is 2.91. The fourth-order valence-electron chi connectivity index (χ4n) is 1.31. The van der Waals surface area contributed by atoms with Crippen molar-refractivity contribution in [2.24, 2.45) is 0 Å². The predicted molar refractivity (Wildman–Crippen MR) is 65.6 cm³/mol. The van der Waals surface area contributed by atoms with Crippen molar-refractivity contribution in [1.82, 2.24) is 9.78 Å². The molecular weight excluding hydrogens is 239 g/mol. The standard InChI is InChI=1S/C13H10ClFN2/c14-13-5-3-11(4-6-13)1-2-12-9-16-17(10-12)8-7-15/h3-6,9-10H,7-8H2. The maximum Gasteiger partial charge on any atom is 0.109 e. The molecule has 0 N–H and O–H groups in total. The van der Waals surface area contributed by atoms with Gasteiger partial charge in [0.2, 0.25) is 0 Å². The van der Waals surface area contributed by atoms with Gasteiger partial charge in [0.1, 0.15) is 6.67 Å². The Hall–Kier alpha value is -1.79. The summed E-state index contributed by atoms with van der Waals surface area (Å²) in [6, 6.07) is 7.28. The summed E-state index contributed by atoms with van der Waals surface area (Å²) in [7, 11) is 0. The van der Waals surface area contributed by atoms with E-state index in [9.17, 15) is 4.39 Å². The van der Waals surface area contributed by atoms with Crippen LogP contribution in [0.5, 0.6) is 0 Å². The van der Waals surface area contributed by atoms with Crippen LogP contribution in [0.3, 0.4) is 0 Å². The number of nitrogens with zero attached hydrogens (tertiary/aromatic N) is 2. The Morgan fingerprint density at radius 3 is 2.59 bits per heavy atom. The number of hydrogen-bond donors (Lipinski definition) is 0. The zero-order valence-corrected chi connectivity index (χ0v) is 9.78. The highest BCUT2D eigenvalue weighted by molar-refractivity contribution is 6.30. The number of halogens is 2. The van der Waals surface area contributed by atoms with Gasteiger partial charge in [-0.3, -0.25) is 4.68 Å². The molecule has 0 fully saturated rings. The zero-order valence-electron chi connectivity index (χ0n) is 9.03. The molecule has 0 aliphatic carbocycles. The first-order valence-corrected chi connectivity index (χ1v) is 5.52. The Labute approximate surface area is 104 Å². The van der Waals surface area contributed by atoms with Crippen molar-refractivity contribution < 1.29 is 4.39 Å². The summed E-state index contributed by atoms with van der Waals surface area (Å²) in [5.74, 6) is 5.95. The highest BCUT2D eigenvalue weighted by Crippen LogP contribution is 2.08. The fourth-order valence-corrected chi connectivity index (χ4v) is 1.44. The molecule has 0 unspecified atom stereocenters. The molecule has 4 heteroatoms. The SMILES string of the molecule is FCCn1cc(C#Cc2ccc(Cl)cc2)cn1. The van der Waals surface area contributed by atoms with Crippen molar-refractivity contribution >= 4 is 11.6 Å². The van der Waals surface area contributed by atoms with Crippen LogP contribution >= 0.6 is 11.6 Å². The lowest BCUT2D eigenvalue weighted by Gasteiger charge is -1.91. The second-order valence-corrected chi connectivity index (χ2v) is 3.87. The Morgan fingerprint density at radius 2 is 1.88 bits per heavy atom. The topological polar surface area (TPSA) is 17.8 Å². The van der Waals surface area contributed by atoms with Crippen LogP contribution in [0, 0.1) is 11.8 Å². The van der Waals surface area contributed by atoms with Gasteiger partial charge in [0, 0.05) is 16.8 Å². The minimum absolute atomic E-state index is 0.266. The molecule has 1 aromatic carbocycles. The van der Waals surface area contributed by atoms with Gasteiger partial charge in [0.25, 0.3) is 0 Å². The van der Waals surface area contributed by atoms with Gasteiger partial charge in [0.05, 0.1) is 18.3 Å². The van der Waals surface area contributed by atoms with Gasteiger partial charge < -0.3 is 0 Å². The molecule has 0 saturated heterocycles. The molecule has 0 saturated carbocycles. The minimum Gasteiger partial charge on any atom is -0.269 e. The fraction of sp³-hybridized carbons (Fsp3) is 0.154. The lowest BCUT2D eigenvalue weighted by atomic mass is 10.2. The van der Waals surface area contributed by atoms with Crippen molar-refractivity contribution in [2.75, 3.05) is 6.67 Å². The molecule has 2 aromatic rings. The molecular formula is C13H10ClFN2. The monoisotopic (exact) mass is 248 g/mol. The summed E-state index contributed by atoms with van der Waals surface area (Å²) >= 11 is 5.77. The first kappa shape index (κ1) is 11.7. The second-order valence-electron chi connectivity index (χ2n) is 3.44. The largest absolute Gasteiger partial charge is 0.269 e. The van der Waals surface area contributed by atoms with E-state index in [1.54, 1.807) is 24.5 Å². The van der Waals surface area contributed by atoms with Crippen molar-refractivity contribution in [1.29, 1.82) is 0 Å². The van der Waals surface area contributed by atoms with Crippen LogP contribution in [0.2, 0.25) is 5.02 Å². The van der Waals surface area contributed by atoms with E-state index in [2.05, 4.69) is 16.9 Å². The van der Waals surface area contributed by atoms with Crippen LogP contribution in [0.4, 0.5) is 4.39 Å². The summed E-state index contributed by atoms with van der Waals surface area (Å²) in [4.78, 5) is 0. The van der Waals surface area contributed by atoms with Crippen LogP contribution in [0.25, 0.3) is 0 Å². The van der Waals surface area contributed by atoms with Gasteiger partial charge in [-0.1, -0.05) is 23.4 Å². The van der Waals surface area contributed by atoms with Crippen LogP contribution in [0.15, 0.2) is 36.7 Å². The molecule has 2 nitrogen and oxygen atoms in total.